The van der Waals surface area contributed by atoms with Crippen molar-refractivity contribution in [2.75, 3.05) is 44.9 Å². The number of carbonyl (C=O) groups is 2. The summed E-state index contributed by atoms with van der Waals surface area (Å²) in [6, 6.07) is 7.86. The number of nitrogens with one attached hydrogen (secondary N) is 1. The molecule has 152 valence electrons. The monoisotopic (exact) mass is 386 g/mol. The van der Waals surface area contributed by atoms with Crippen molar-refractivity contribution >= 4 is 17.6 Å². The Kier molecular flexibility index (Phi) is 5.19. The van der Waals surface area contributed by atoms with E-state index in [2.05, 4.69) is 34.2 Å². The molecular weight excluding hydrogens is 356 g/mol. The van der Waals surface area contributed by atoms with Gasteiger partial charge in [0.2, 0.25) is 0 Å². The van der Waals surface area contributed by atoms with Crippen molar-refractivity contribution in [1.82, 2.24) is 15.1 Å². The summed E-state index contributed by atoms with van der Waals surface area (Å²) in [7, 11) is 1.67. The highest BCUT2D eigenvalue weighted by molar-refractivity contribution is 6.07. The van der Waals surface area contributed by atoms with E-state index in [-0.39, 0.29) is 17.9 Å². The first-order valence-electron chi connectivity index (χ1n) is 10.3. The van der Waals surface area contributed by atoms with Crippen LogP contribution in [-0.4, -0.2) is 67.2 Å². The molecular formula is C21H30N4O3. The van der Waals surface area contributed by atoms with Crippen molar-refractivity contribution in [1.29, 1.82) is 0 Å². The van der Waals surface area contributed by atoms with Crippen molar-refractivity contribution in [2.24, 2.45) is 5.92 Å². The van der Waals surface area contributed by atoms with Gasteiger partial charge in [-0.15, -0.1) is 0 Å². The first-order valence-corrected chi connectivity index (χ1v) is 10.3. The van der Waals surface area contributed by atoms with Crippen molar-refractivity contribution in [3.05, 3.63) is 24.3 Å². The van der Waals surface area contributed by atoms with Gasteiger partial charge in [0.05, 0.1) is 13.8 Å². The van der Waals surface area contributed by atoms with Gasteiger partial charge >= 0.3 is 6.03 Å². The van der Waals surface area contributed by atoms with Crippen molar-refractivity contribution in [2.45, 2.75) is 38.1 Å². The molecule has 0 bridgehead atoms. The number of carbonyl (C=O) groups excluding carboxylic acids is 2. The molecule has 1 N–H and O–H groups in total. The van der Waals surface area contributed by atoms with Crippen LogP contribution in [0.5, 0.6) is 5.75 Å². The van der Waals surface area contributed by atoms with Crippen LogP contribution in [0.1, 0.15) is 32.6 Å². The van der Waals surface area contributed by atoms with E-state index in [1.54, 1.807) is 7.11 Å². The van der Waals surface area contributed by atoms with Gasteiger partial charge in [-0.1, -0.05) is 19.8 Å². The number of rotatable bonds is 4. The number of nitrogens with zero attached hydrogens (tertiary/aromatic N) is 3. The highest BCUT2D eigenvalue weighted by Gasteiger charge is 2.55. The molecule has 7 nitrogen and oxygen atoms in total. The third-order valence-electron chi connectivity index (χ3n) is 6.65. The maximum absolute atomic E-state index is 13.1. The second-order valence-corrected chi connectivity index (χ2v) is 8.23. The number of imide groups is 1. The standard InChI is InChI=1S/C21H30N4O3/c1-16-5-3-4-10-21(16)19(26)25(20(27)22-21)15-23-11-13-24(14-12-23)17-6-8-18(28-2)9-7-17/h6-9,16H,3-5,10-15H2,1-2H3,(H,22,27)/t16-,21-/m0/s1. The highest BCUT2D eigenvalue weighted by Crippen LogP contribution is 2.38. The number of piperazine rings is 1. The molecule has 1 aromatic carbocycles. The molecule has 3 fully saturated rings. The lowest BCUT2D eigenvalue weighted by Crippen LogP contribution is -2.55. The predicted molar refractivity (Wildman–Crippen MR) is 107 cm³/mol. The first kappa shape index (κ1) is 19.1. The van der Waals surface area contributed by atoms with Gasteiger partial charge < -0.3 is 15.0 Å². The molecule has 3 aliphatic rings. The van der Waals surface area contributed by atoms with Gasteiger partial charge in [0.25, 0.3) is 5.91 Å². The Morgan fingerprint density at radius 2 is 1.82 bits per heavy atom. The van der Waals surface area contributed by atoms with Crippen LogP contribution in [0, 0.1) is 5.92 Å². The lowest BCUT2D eigenvalue weighted by molar-refractivity contribution is -0.135. The largest absolute Gasteiger partial charge is 0.497 e. The van der Waals surface area contributed by atoms with Crippen molar-refractivity contribution in [3.63, 3.8) is 0 Å². The smallest absolute Gasteiger partial charge is 0.326 e. The van der Waals surface area contributed by atoms with E-state index in [1.165, 1.54) is 10.6 Å². The average Bonchev–Trinajstić information content (AvgIpc) is 2.96. The summed E-state index contributed by atoms with van der Waals surface area (Å²) in [5.41, 5.74) is 0.505. The molecule has 28 heavy (non-hydrogen) atoms. The highest BCUT2D eigenvalue weighted by atomic mass is 16.5. The summed E-state index contributed by atoms with van der Waals surface area (Å²) < 4.78 is 5.22. The Labute approximate surface area is 166 Å². The van der Waals surface area contributed by atoms with Gasteiger partial charge in [-0.2, -0.15) is 0 Å². The lowest BCUT2D eigenvalue weighted by Gasteiger charge is -2.38. The molecule has 1 saturated carbocycles. The van der Waals surface area contributed by atoms with E-state index in [4.69, 9.17) is 4.74 Å². The Hall–Kier alpha value is -2.28. The number of anilines is 1. The average molecular weight is 386 g/mol. The zero-order valence-electron chi connectivity index (χ0n) is 16.8. The number of hydrogen-bond donors (Lipinski definition) is 1. The molecule has 2 atom stereocenters. The fourth-order valence-corrected chi connectivity index (χ4v) is 4.76. The summed E-state index contributed by atoms with van der Waals surface area (Å²) in [5.74, 6) is 1.03. The summed E-state index contributed by atoms with van der Waals surface area (Å²) in [5, 5.41) is 3.04. The maximum atomic E-state index is 13.1. The minimum Gasteiger partial charge on any atom is -0.497 e. The topological polar surface area (TPSA) is 65.1 Å². The molecule has 1 aliphatic carbocycles. The molecule has 3 amide bonds. The molecule has 1 spiro atoms. The van der Waals surface area contributed by atoms with E-state index >= 15 is 0 Å². The Balaban J connectivity index is 1.35. The van der Waals surface area contributed by atoms with Crippen LogP contribution in [0.3, 0.4) is 0 Å². The number of benzene rings is 1. The fraction of sp³-hybridized carbons (Fsp3) is 0.619. The Bertz CT molecular complexity index is 730. The molecule has 0 radical (unpaired) electrons. The molecule has 2 heterocycles. The zero-order chi connectivity index (χ0) is 19.7. The number of urea groups is 1. The van der Waals surface area contributed by atoms with E-state index in [1.807, 2.05) is 12.1 Å². The lowest BCUT2D eigenvalue weighted by atomic mass is 9.73. The molecule has 2 saturated heterocycles. The summed E-state index contributed by atoms with van der Waals surface area (Å²) in [6.07, 6.45) is 3.91. The van der Waals surface area contributed by atoms with Crippen LogP contribution in [0.15, 0.2) is 24.3 Å². The quantitative estimate of drug-likeness (QED) is 0.805. The van der Waals surface area contributed by atoms with E-state index in [0.29, 0.717) is 6.67 Å². The summed E-state index contributed by atoms with van der Waals surface area (Å²) in [4.78, 5) is 31.6. The van der Waals surface area contributed by atoms with Gasteiger partial charge in [-0.05, 0) is 43.0 Å². The third-order valence-corrected chi connectivity index (χ3v) is 6.65. The van der Waals surface area contributed by atoms with Gasteiger partial charge in [-0.25, -0.2) is 9.69 Å². The van der Waals surface area contributed by atoms with Crippen LogP contribution >= 0.6 is 0 Å². The fourth-order valence-electron chi connectivity index (χ4n) is 4.76. The number of methoxy groups -OCH3 is 1. The Morgan fingerprint density at radius 1 is 1.11 bits per heavy atom. The molecule has 0 unspecified atom stereocenters. The number of hydrogen-bond acceptors (Lipinski definition) is 5. The zero-order valence-corrected chi connectivity index (χ0v) is 16.8. The van der Waals surface area contributed by atoms with Gasteiger partial charge in [0.1, 0.15) is 11.3 Å². The first-order chi connectivity index (χ1) is 13.5. The van der Waals surface area contributed by atoms with E-state index in [9.17, 15) is 9.59 Å². The normalized spacial score (nSPS) is 28.7. The van der Waals surface area contributed by atoms with Gasteiger partial charge in [-0.3, -0.25) is 9.69 Å². The number of amides is 3. The van der Waals surface area contributed by atoms with Crippen LogP contribution in [0.25, 0.3) is 0 Å². The van der Waals surface area contributed by atoms with Crippen LogP contribution in [0.2, 0.25) is 0 Å². The van der Waals surface area contributed by atoms with Gasteiger partial charge in [0, 0.05) is 31.9 Å². The van der Waals surface area contributed by atoms with E-state index < -0.39 is 5.54 Å². The minimum atomic E-state index is -0.666. The van der Waals surface area contributed by atoms with Crippen molar-refractivity contribution in [3.8, 4) is 5.75 Å². The van der Waals surface area contributed by atoms with Crippen LogP contribution in [-0.2, 0) is 4.79 Å². The molecule has 4 rings (SSSR count). The second kappa shape index (κ2) is 7.62. The Morgan fingerprint density at radius 3 is 2.46 bits per heavy atom. The summed E-state index contributed by atoms with van der Waals surface area (Å²) >= 11 is 0. The van der Waals surface area contributed by atoms with Crippen LogP contribution in [0.4, 0.5) is 10.5 Å². The third kappa shape index (κ3) is 3.32. The molecule has 7 heteroatoms. The molecule has 1 aromatic rings. The van der Waals surface area contributed by atoms with Crippen molar-refractivity contribution < 1.29 is 14.3 Å². The second-order valence-electron chi connectivity index (χ2n) is 8.23. The molecule has 2 aliphatic heterocycles. The SMILES string of the molecule is COc1ccc(N2CCN(CN3C(=O)N[C@]4(CCCC[C@@H]4C)C3=O)CC2)cc1. The maximum Gasteiger partial charge on any atom is 0.326 e. The van der Waals surface area contributed by atoms with E-state index in [0.717, 1.165) is 57.6 Å². The molecule has 0 aromatic heterocycles. The van der Waals surface area contributed by atoms with Gasteiger partial charge in [0.15, 0.2) is 0 Å². The summed E-state index contributed by atoms with van der Waals surface area (Å²) in [6.45, 7) is 5.87. The number of ether oxygens (including phenoxy) is 1. The predicted octanol–water partition coefficient (Wildman–Crippen LogP) is 2.28. The van der Waals surface area contributed by atoms with Crippen LogP contribution < -0.4 is 15.0 Å². The minimum absolute atomic E-state index is 0.0257.